The van der Waals surface area contributed by atoms with Gasteiger partial charge in [0.05, 0.1) is 5.92 Å². The summed E-state index contributed by atoms with van der Waals surface area (Å²) in [5, 5.41) is 6.20. The summed E-state index contributed by atoms with van der Waals surface area (Å²) in [4.78, 5) is 26.7. The molecule has 1 aromatic rings. The first-order valence-electron chi connectivity index (χ1n) is 9.06. The number of hydrogen-bond acceptors (Lipinski definition) is 3. The average Bonchev–Trinajstić information content (AvgIpc) is 2.62. The van der Waals surface area contributed by atoms with Crippen molar-refractivity contribution in [2.45, 2.75) is 39.5 Å². The molecule has 1 atom stereocenters. The summed E-state index contributed by atoms with van der Waals surface area (Å²) >= 11 is 0. The topological polar surface area (TPSA) is 61.4 Å². The number of rotatable bonds is 7. The molecule has 0 saturated carbocycles. The van der Waals surface area contributed by atoms with Gasteiger partial charge in [0.25, 0.3) is 5.91 Å². The predicted molar refractivity (Wildman–Crippen MR) is 97.2 cm³/mol. The highest BCUT2D eigenvalue weighted by molar-refractivity contribution is 5.96. The first-order chi connectivity index (χ1) is 11.7. The summed E-state index contributed by atoms with van der Waals surface area (Å²) in [5.41, 5.74) is 1.42. The molecule has 0 aromatic heterocycles. The number of carbonyl (C=O) groups excluding carboxylic acids is 2. The summed E-state index contributed by atoms with van der Waals surface area (Å²) in [6.07, 6.45) is 3.87. The van der Waals surface area contributed by atoms with Crippen molar-refractivity contribution < 1.29 is 9.59 Å². The Kier molecular flexibility index (Phi) is 7.25. The van der Waals surface area contributed by atoms with Gasteiger partial charge in [-0.05, 0) is 56.5 Å². The number of anilines is 1. The number of nitrogens with one attached hydrogen (secondary N) is 2. The Labute approximate surface area is 144 Å². The third kappa shape index (κ3) is 5.06. The molecule has 2 amide bonds. The van der Waals surface area contributed by atoms with Crippen LogP contribution in [0.2, 0.25) is 0 Å². The maximum atomic E-state index is 12.5. The maximum absolute atomic E-state index is 12.5. The molecular formula is C19H29N3O2. The Hall–Kier alpha value is -1.88. The van der Waals surface area contributed by atoms with Gasteiger partial charge in [-0.1, -0.05) is 13.8 Å². The van der Waals surface area contributed by atoms with Crippen LogP contribution in [0.3, 0.4) is 0 Å². The summed E-state index contributed by atoms with van der Waals surface area (Å²) in [6.45, 7) is 7.45. The lowest BCUT2D eigenvalue weighted by molar-refractivity contribution is -0.120. The molecular weight excluding hydrogens is 302 g/mol. The SMILES string of the molecule is CCCN(CCC)C(=O)c1ccc(NC(=O)C2CCCNC2)cc1. The fraction of sp³-hybridized carbons (Fsp3) is 0.579. The number of benzene rings is 1. The molecule has 1 fully saturated rings. The number of hydrogen-bond donors (Lipinski definition) is 2. The molecule has 0 radical (unpaired) electrons. The third-order valence-corrected chi connectivity index (χ3v) is 4.34. The van der Waals surface area contributed by atoms with Crippen LogP contribution < -0.4 is 10.6 Å². The van der Waals surface area contributed by atoms with Crippen LogP contribution in [0.25, 0.3) is 0 Å². The van der Waals surface area contributed by atoms with Gasteiger partial charge in [0.2, 0.25) is 5.91 Å². The van der Waals surface area contributed by atoms with Gasteiger partial charge < -0.3 is 15.5 Å². The number of piperidine rings is 1. The van der Waals surface area contributed by atoms with Crippen molar-refractivity contribution in [2.75, 3.05) is 31.5 Å². The minimum Gasteiger partial charge on any atom is -0.339 e. The van der Waals surface area contributed by atoms with E-state index in [1.54, 1.807) is 12.1 Å². The van der Waals surface area contributed by atoms with E-state index in [1.807, 2.05) is 17.0 Å². The quantitative estimate of drug-likeness (QED) is 0.807. The van der Waals surface area contributed by atoms with Gasteiger partial charge in [-0.25, -0.2) is 0 Å². The molecule has 2 rings (SSSR count). The highest BCUT2D eigenvalue weighted by Gasteiger charge is 2.21. The molecule has 1 unspecified atom stereocenters. The van der Waals surface area contributed by atoms with Gasteiger partial charge in [-0.3, -0.25) is 9.59 Å². The molecule has 2 N–H and O–H groups in total. The van der Waals surface area contributed by atoms with Crippen LogP contribution in [0.5, 0.6) is 0 Å². The van der Waals surface area contributed by atoms with Gasteiger partial charge in [-0.15, -0.1) is 0 Å². The largest absolute Gasteiger partial charge is 0.339 e. The zero-order chi connectivity index (χ0) is 17.4. The summed E-state index contributed by atoms with van der Waals surface area (Å²) in [5.74, 6) is 0.151. The van der Waals surface area contributed by atoms with Crippen molar-refractivity contribution in [1.29, 1.82) is 0 Å². The molecule has 1 aliphatic heterocycles. The molecule has 1 aliphatic rings. The molecule has 1 aromatic carbocycles. The molecule has 5 nitrogen and oxygen atoms in total. The fourth-order valence-electron chi connectivity index (χ4n) is 3.05. The number of carbonyl (C=O) groups is 2. The average molecular weight is 331 g/mol. The zero-order valence-corrected chi connectivity index (χ0v) is 14.8. The number of amides is 2. The van der Waals surface area contributed by atoms with Gasteiger partial charge in [0, 0.05) is 30.9 Å². The van der Waals surface area contributed by atoms with E-state index in [-0.39, 0.29) is 17.7 Å². The Bertz CT molecular complexity index is 530. The van der Waals surface area contributed by atoms with Crippen molar-refractivity contribution in [1.82, 2.24) is 10.2 Å². The fourth-order valence-corrected chi connectivity index (χ4v) is 3.05. The van der Waals surface area contributed by atoms with Gasteiger partial charge >= 0.3 is 0 Å². The lowest BCUT2D eigenvalue weighted by atomic mass is 9.99. The third-order valence-electron chi connectivity index (χ3n) is 4.34. The standard InChI is InChI=1S/C19H29N3O2/c1-3-12-22(13-4-2)19(24)15-7-9-17(10-8-15)21-18(23)16-6-5-11-20-14-16/h7-10,16,20H,3-6,11-14H2,1-2H3,(H,21,23). The second-order valence-electron chi connectivity index (χ2n) is 6.40. The highest BCUT2D eigenvalue weighted by atomic mass is 16.2. The second-order valence-corrected chi connectivity index (χ2v) is 6.40. The maximum Gasteiger partial charge on any atom is 0.253 e. The highest BCUT2D eigenvalue weighted by Crippen LogP contribution is 2.16. The first-order valence-corrected chi connectivity index (χ1v) is 9.06. The lowest BCUT2D eigenvalue weighted by Gasteiger charge is -2.22. The minimum atomic E-state index is 0.0321. The molecule has 0 spiro atoms. The smallest absolute Gasteiger partial charge is 0.253 e. The lowest BCUT2D eigenvalue weighted by Crippen LogP contribution is -2.37. The van der Waals surface area contributed by atoms with E-state index in [4.69, 9.17) is 0 Å². The van der Waals surface area contributed by atoms with E-state index >= 15 is 0 Å². The van der Waals surface area contributed by atoms with E-state index < -0.39 is 0 Å². The molecule has 24 heavy (non-hydrogen) atoms. The molecule has 1 saturated heterocycles. The van der Waals surface area contributed by atoms with Gasteiger partial charge in [0.1, 0.15) is 0 Å². The Balaban J connectivity index is 1.96. The first kappa shape index (κ1) is 18.5. The summed E-state index contributed by atoms with van der Waals surface area (Å²) in [6, 6.07) is 7.24. The summed E-state index contributed by atoms with van der Waals surface area (Å²) in [7, 11) is 0. The van der Waals surface area contributed by atoms with Crippen LogP contribution in [0.4, 0.5) is 5.69 Å². The summed E-state index contributed by atoms with van der Waals surface area (Å²) < 4.78 is 0. The van der Waals surface area contributed by atoms with E-state index in [9.17, 15) is 9.59 Å². The molecule has 1 heterocycles. The Morgan fingerprint density at radius 2 is 1.83 bits per heavy atom. The van der Waals surface area contributed by atoms with Crippen LogP contribution in [-0.4, -0.2) is 42.9 Å². The van der Waals surface area contributed by atoms with Gasteiger partial charge in [0.15, 0.2) is 0 Å². The van der Waals surface area contributed by atoms with Crippen LogP contribution in [0.15, 0.2) is 24.3 Å². The minimum absolute atomic E-state index is 0.0321. The van der Waals surface area contributed by atoms with E-state index in [1.165, 1.54) is 0 Å². The van der Waals surface area contributed by atoms with Crippen LogP contribution in [0, 0.1) is 5.92 Å². The Morgan fingerprint density at radius 3 is 2.38 bits per heavy atom. The second kappa shape index (κ2) is 9.42. The van der Waals surface area contributed by atoms with E-state index in [0.717, 1.165) is 57.5 Å². The van der Waals surface area contributed by atoms with Crippen molar-refractivity contribution in [3.8, 4) is 0 Å². The van der Waals surface area contributed by atoms with Crippen LogP contribution >= 0.6 is 0 Å². The van der Waals surface area contributed by atoms with Crippen LogP contribution in [-0.2, 0) is 4.79 Å². The van der Waals surface area contributed by atoms with Crippen LogP contribution in [0.1, 0.15) is 49.9 Å². The normalized spacial score (nSPS) is 17.3. The Morgan fingerprint density at radius 1 is 1.17 bits per heavy atom. The number of nitrogens with zero attached hydrogens (tertiary/aromatic N) is 1. The van der Waals surface area contributed by atoms with Crippen molar-refractivity contribution in [3.05, 3.63) is 29.8 Å². The van der Waals surface area contributed by atoms with E-state index in [2.05, 4.69) is 24.5 Å². The van der Waals surface area contributed by atoms with Crippen molar-refractivity contribution >= 4 is 17.5 Å². The molecule has 0 aliphatic carbocycles. The van der Waals surface area contributed by atoms with Gasteiger partial charge in [-0.2, -0.15) is 0 Å². The predicted octanol–water partition coefficient (Wildman–Crippen LogP) is 2.89. The molecule has 0 bridgehead atoms. The van der Waals surface area contributed by atoms with Crippen molar-refractivity contribution in [3.63, 3.8) is 0 Å². The van der Waals surface area contributed by atoms with E-state index in [0.29, 0.717) is 5.56 Å². The molecule has 5 heteroatoms. The van der Waals surface area contributed by atoms with Crippen molar-refractivity contribution in [2.24, 2.45) is 5.92 Å². The zero-order valence-electron chi connectivity index (χ0n) is 14.8. The molecule has 132 valence electrons. The monoisotopic (exact) mass is 331 g/mol.